The summed E-state index contributed by atoms with van der Waals surface area (Å²) in [6.07, 6.45) is 0.890. The Morgan fingerprint density at radius 1 is 1.35 bits per heavy atom. The van der Waals surface area contributed by atoms with Gasteiger partial charge in [-0.3, -0.25) is 9.36 Å². The molecule has 0 saturated carbocycles. The summed E-state index contributed by atoms with van der Waals surface area (Å²) in [6, 6.07) is 0. The first-order chi connectivity index (χ1) is 7.84. The van der Waals surface area contributed by atoms with Crippen molar-refractivity contribution in [3.05, 3.63) is 20.3 Å². The van der Waals surface area contributed by atoms with Crippen LogP contribution in [0.5, 0.6) is 0 Å². The monoisotopic (exact) mass is 362 g/mol. The fourth-order valence-corrected chi connectivity index (χ4v) is 3.17. The summed E-state index contributed by atoms with van der Waals surface area (Å²) >= 11 is 7.08. The van der Waals surface area contributed by atoms with E-state index in [-0.39, 0.29) is 11.3 Å². The average Bonchev–Trinajstić information content (AvgIpc) is 2.51. The van der Waals surface area contributed by atoms with Crippen molar-refractivity contribution >= 4 is 37.8 Å². The second-order valence-electron chi connectivity index (χ2n) is 5.35. The van der Waals surface area contributed by atoms with E-state index in [1.165, 1.54) is 5.56 Å². The Kier molecular flexibility index (Phi) is 3.54. The third-order valence-corrected chi connectivity index (χ3v) is 5.08. The number of halogens is 2. The molecule has 2 rings (SSSR count). The van der Waals surface area contributed by atoms with E-state index in [4.69, 9.17) is 0 Å². The van der Waals surface area contributed by atoms with Crippen molar-refractivity contribution in [2.24, 2.45) is 5.41 Å². The predicted molar refractivity (Wildman–Crippen MR) is 75.3 cm³/mol. The number of carbonyl (C=O) groups is 1. The van der Waals surface area contributed by atoms with Crippen LogP contribution in [-0.4, -0.2) is 17.0 Å². The van der Waals surface area contributed by atoms with Crippen molar-refractivity contribution in [1.29, 1.82) is 0 Å². The van der Waals surface area contributed by atoms with E-state index in [9.17, 15) is 4.79 Å². The normalized spacial score (nSPS) is 15.8. The maximum Gasteiger partial charge on any atom is 0.237 e. The Balaban J connectivity index is 2.58. The molecule has 3 nitrogen and oxygen atoms in total. The summed E-state index contributed by atoms with van der Waals surface area (Å²) in [4.78, 5) is 12.5. The Morgan fingerprint density at radius 2 is 2.00 bits per heavy atom. The molecule has 0 aliphatic carbocycles. The minimum absolute atomic E-state index is 0.133. The molecule has 0 amide bonds. The molecular weight excluding hydrogens is 348 g/mol. The fraction of sp³-hybridized carbons (Fsp3) is 0.583. The maximum absolute atomic E-state index is 12.5. The van der Waals surface area contributed by atoms with Crippen LogP contribution < -0.4 is 5.32 Å². The summed E-state index contributed by atoms with van der Waals surface area (Å²) in [5.41, 5.74) is 1.95. The van der Waals surface area contributed by atoms with Gasteiger partial charge >= 0.3 is 0 Å². The van der Waals surface area contributed by atoms with E-state index in [0.717, 1.165) is 34.3 Å². The number of fused-ring (bicyclic) bond motifs is 1. The molecule has 0 aromatic carbocycles. The molecule has 94 valence electrons. The highest BCUT2D eigenvalue weighted by Crippen LogP contribution is 2.36. The number of hydrogen-bond acceptors (Lipinski definition) is 2. The molecule has 0 radical (unpaired) electrons. The number of carbonyl (C=O) groups excluding carboxylic acids is 1. The van der Waals surface area contributed by atoms with Crippen LogP contribution in [0.15, 0.2) is 9.08 Å². The zero-order chi connectivity index (χ0) is 12.8. The van der Waals surface area contributed by atoms with E-state index in [1.54, 1.807) is 0 Å². The molecule has 1 aliphatic rings. The lowest BCUT2D eigenvalue weighted by Crippen LogP contribution is -2.31. The molecule has 0 saturated heterocycles. The van der Waals surface area contributed by atoms with Crippen molar-refractivity contribution in [3.8, 4) is 0 Å². The molecule has 0 atom stereocenters. The van der Waals surface area contributed by atoms with Crippen molar-refractivity contribution in [1.82, 2.24) is 9.88 Å². The molecule has 1 aromatic rings. The molecule has 0 fully saturated rings. The molecule has 1 aromatic heterocycles. The first-order valence-electron chi connectivity index (χ1n) is 5.67. The van der Waals surface area contributed by atoms with Crippen molar-refractivity contribution in [2.45, 2.75) is 33.7 Å². The van der Waals surface area contributed by atoms with Crippen LogP contribution >= 0.6 is 31.9 Å². The van der Waals surface area contributed by atoms with Gasteiger partial charge < -0.3 is 5.32 Å². The minimum atomic E-state index is -0.375. The predicted octanol–water partition coefficient (Wildman–Crippen LogP) is 3.35. The molecule has 0 spiro atoms. The molecule has 0 bridgehead atoms. The van der Waals surface area contributed by atoms with Crippen LogP contribution in [0.3, 0.4) is 0 Å². The number of nitrogens with one attached hydrogen (secondary N) is 1. The zero-order valence-electron chi connectivity index (χ0n) is 10.2. The second kappa shape index (κ2) is 4.52. The van der Waals surface area contributed by atoms with E-state index in [2.05, 4.69) is 37.2 Å². The van der Waals surface area contributed by atoms with Gasteiger partial charge in [-0.1, -0.05) is 20.8 Å². The van der Waals surface area contributed by atoms with E-state index in [0.29, 0.717) is 0 Å². The van der Waals surface area contributed by atoms with Gasteiger partial charge in [-0.2, -0.15) is 0 Å². The van der Waals surface area contributed by atoms with Crippen LogP contribution in [0, 0.1) is 5.41 Å². The van der Waals surface area contributed by atoms with Crippen LogP contribution in [0.1, 0.15) is 36.8 Å². The number of nitrogens with zero attached hydrogens (tertiary/aromatic N) is 1. The lowest BCUT2D eigenvalue weighted by atomic mass is 9.95. The Bertz CT molecular complexity index is 472. The SMILES string of the molecule is CC(C)(C)C(=O)n1c(Br)c(Br)c2c1CCNC2. The molecule has 17 heavy (non-hydrogen) atoms. The van der Waals surface area contributed by atoms with Crippen molar-refractivity contribution in [3.63, 3.8) is 0 Å². The van der Waals surface area contributed by atoms with Gasteiger partial charge in [0, 0.05) is 36.2 Å². The summed E-state index contributed by atoms with van der Waals surface area (Å²) < 4.78 is 3.66. The Hall–Kier alpha value is -0.130. The second-order valence-corrected chi connectivity index (χ2v) is 6.89. The molecule has 1 aliphatic heterocycles. The first kappa shape index (κ1) is 13.3. The molecule has 2 heterocycles. The highest BCUT2D eigenvalue weighted by atomic mass is 79.9. The zero-order valence-corrected chi connectivity index (χ0v) is 13.4. The summed E-state index contributed by atoms with van der Waals surface area (Å²) in [7, 11) is 0. The van der Waals surface area contributed by atoms with Gasteiger partial charge in [-0.05, 0) is 31.9 Å². The van der Waals surface area contributed by atoms with Crippen LogP contribution in [0.25, 0.3) is 0 Å². The smallest absolute Gasteiger partial charge is 0.237 e. The van der Waals surface area contributed by atoms with Crippen LogP contribution in [0.2, 0.25) is 0 Å². The lowest BCUT2D eigenvalue weighted by Gasteiger charge is -2.22. The number of aromatic nitrogens is 1. The van der Waals surface area contributed by atoms with Gasteiger partial charge in [0.2, 0.25) is 5.91 Å². The minimum Gasteiger partial charge on any atom is -0.312 e. The first-order valence-corrected chi connectivity index (χ1v) is 7.25. The van der Waals surface area contributed by atoms with Crippen molar-refractivity contribution < 1.29 is 4.79 Å². The van der Waals surface area contributed by atoms with Gasteiger partial charge in [-0.15, -0.1) is 0 Å². The molecule has 5 heteroatoms. The van der Waals surface area contributed by atoms with Gasteiger partial charge in [0.1, 0.15) is 4.60 Å². The van der Waals surface area contributed by atoms with Crippen LogP contribution in [-0.2, 0) is 13.0 Å². The lowest BCUT2D eigenvalue weighted by molar-refractivity contribution is 0.0760. The fourth-order valence-electron chi connectivity index (χ4n) is 2.01. The highest BCUT2D eigenvalue weighted by molar-refractivity contribution is 9.13. The molecule has 1 N–H and O–H groups in total. The van der Waals surface area contributed by atoms with Gasteiger partial charge in [0.25, 0.3) is 0 Å². The third kappa shape index (κ3) is 2.25. The van der Waals surface area contributed by atoms with E-state index < -0.39 is 0 Å². The molecular formula is C12H16Br2N2O. The van der Waals surface area contributed by atoms with Gasteiger partial charge in [0.15, 0.2) is 0 Å². The topological polar surface area (TPSA) is 34.0 Å². The van der Waals surface area contributed by atoms with Crippen molar-refractivity contribution in [2.75, 3.05) is 6.54 Å². The van der Waals surface area contributed by atoms with Gasteiger partial charge in [0.05, 0.1) is 4.47 Å². The highest BCUT2D eigenvalue weighted by Gasteiger charge is 2.31. The number of hydrogen-bond donors (Lipinski definition) is 1. The summed E-state index contributed by atoms with van der Waals surface area (Å²) in [5, 5.41) is 3.32. The summed E-state index contributed by atoms with van der Waals surface area (Å²) in [6.45, 7) is 7.59. The largest absolute Gasteiger partial charge is 0.312 e. The molecule has 0 unspecified atom stereocenters. The van der Waals surface area contributed by atoms with E-state index in [1.807, 2.05) is 25.3 Å². The van der Waals surface area contributed by atoms with Gasteiger partial charge in [-0.25, -0.2) is 0 Å². The van der Waals surface area contributed by atoms with Crippen LogP contribution in [0.4, 0.5) is 0 Å². The average molecular weight is 364 g/mol. The quantitative estimate of drug-likeness (QED) is 0.766. The standard InChI is InChI=1S/C12H16Br2N2O/c1-12(2,3)11(17)16-8-4-5-15-6-7(8)9(13)10(16)14/h15H,4-6H2,1-3H3. The Labute approximate surface area is 118 Å². The third-order valence-electron chi connectivity index (χ3n) is 2.95. The Morgan fingerprint density at radius 3 is 2.59 bits per heavy atom. The summed E-state index contributed by atoms with van der Waals surface area (Å²) in [5.74, 6) is 0.133. The van der Waals surface area contributed by atoms with E-state index >= 15 is 0 Å². The number of rotatable bonds is 0. The maximum atomic E-state index is 12.5.